The molecule has 0 bridgehead atoms. The zero-order valence-corrected chi connectivity index (χ0v) is 20.2. The fourth-order valence-electron chi connectivity index (χ4n) is 4.81. The monoisotopic (exact) mass is 454 g/mol. The summed E-state index contributed by atoms with van der Waals surface area (Å²) in [6.45, 7) is 8.80. The topological polar surface area (TPSA) is 69.0 Å². The molecule has 3 heterocycles. The number of rotatable bonds is 5. The first-order valence-electron chi connectivity index (χ1n) is 11.9. The molecule has 34 heavy (non-hydrogen) atoms. The molecule has 6 nitrogen and oxygen atoms in total. The third-order valence-corrected chi connectivity index (χ3v) is 6.47. The quantitative estimate of drug-likeness (QED) is 0.400. The minimum absolute atomic E-state index is 0.259. The van der Waals surface area contributed by atoms with E-state index in [1.165, 1.54) is 29.2 Å². The number of hydrogen-bond acceptors (Lipinski definition) is 5. The van der Waals surface area contributed by atoms with Crippen LogP contribution in [0.5, 0.6) is 0 Å². The Morgan fingerprint density at radius 2 is 1.68 bits per heavy atom. The van der Waals surface area contributed by atoms with E-state index in [-0.39, 0.29) is 5.97 Å². The Balaban J connectivity index is 1.42. The summed E-state index contributed by atoms with van der Waals surface area (Å²) in [6.07, 6.45) is 2.75. The molecule has 0 unspecified atom stereocenters. The van der Waals surface area contributed by atoms with Crippen molar-refractivity contribution >= 4 is 28.5 Å². The van der Waals surface area contributed by atoms with Crippen molar-refractivity contribution in [3.8, 4) is 0 Å². The number of carbonyl (C=O) groups excluding carboxylic acids is 1. The molecule has 0 aliphatic carbocycles. The average molecular weight is 455 g/mol. The third-order valence-electron chi connectivity index (χ3n) is 6.47. The number of benzene rings is 2. The van der Waals surface area contributed by atoms with E-state index < -0.39 is 0 Å². The number of nitrogens with zero attached hydrogens (tertiary/aromatic N) is 3. The van der Waals surface area contributed by atoms with Gasteiger partial charge in [0.05, 0.1) is 6.54 Å². The number of nitrogens with one attached hydrogen (secondary N) is 1. The van der Waals surface area contributed by atoms with E-state index >= 15 is 0 Å². The number of fused-ring (bicyclic) bond motifs is 3. The largest absolute Gasteiger partial charge is 0.461 e. The lowest BCUT2D eigenvalue weighted by molar-refractivity contribution is -0.142. The minimum Gasteiger partial charge on any atom is -0.461 e. The van der Waals surface area contributed by atoms with Gasteiger partial charge in [-0.1, -0.05) is 31.2 Å². The summed E-state index contributed by atoms with van der Waals surface area (Å²) in [6, 6.07) is 15.0. The van der Waals surface area contributed by atoms with Gasteiger partial charge in [0.25, 0.3) is 0 Å². The highest BCUT2D eigenvalue weighted by molar-refractivity contribution is 5.76. The number of carbonyl (C=O) groups is 1. The normalized spacial score (nSPS) is 12.6. The van der Waals surface area contributed by atoms with Gasteiger partial charge in [-0.05, 0) is 72.7 Å². The van der Waals surface area contributed by atoms with Crippen LogP contribution in [0.25, 0.3) is 11.2 Å². The van der Waals surface area contributed by atoms with Gasteiger partial charge in [0, 0.05) is 30.4 Å². The molecule has 1 N–H and O–H groups in total. The molecule has 1 aliphatic rings. The molecule has 174 valence electrons. The van der Waals surface area contributed by atoms with Crippen LogP contribution in [-0.2, 0) is 41.9 Å². The van der Waals surface area contributed by atoms with Crippen molar-refractivity contribution in [1.82, 2.24) is 14.5 Å². The van der Waals surface area contributed by atoms with Crippen LogP contribution < -0.4 is 5.32 Å². The SMILES string of the molecule is CCc1nc2c(C)cc(C)nc2n1Cc1ccc2c(c1)CCc1cc(COC(C)=O)ccc1N2. The molecule has 6 heteroatoms. The molecule has 0 fully saturated rings. The van der Waals surface area contributed by atoms with Gasteiger partial charge in [-0.2, -0.15) is 0 Å². The first kappa shape index (κ1) is 22.1. The Labute approximate surface area is 200 Å². The van der Waals surface area contributed by atoms with Gasteiger partial charge in [-0.15, -0.1) is 0 Å². The predicted molar refractivity (Wildman–Crippen MR) is 135 cm³/mol. The molecule has 4 aromatic rings. The van der Waals surface area contributed by atoms with Crippen molar-refractivity contribution < 1.29 is 9.53 Å². The van der Waals surface area contributed by atoms with E-state index in [1.54, 1.807) is 0 Å². The predicted octanol–water partition coefficient (Wildman–Crippen LogP) is 5.56. The molecule has 0 atom stereocenters. The Kier molecular flexibility index (Phi) is 5.82. The van der Waals surface area contributed by atoms with E-state index in [9.17, 15) is 4.79 Å². The van der Waals surface area contributed by atoms with Crippen LogP contribution in [0.2, 0.25) is 0 Å². The van der Waals surface area contributed by atoms with Gasteiger partial charge in [-0.3, -0.25) is 4.79 Å². The highest BCUT2D eigenvalue weighted by atomic mass is 16.5. The minimum atomic E-state index is -0.259. The summed E-state index contributed by atoms with van der Waals surface area (Å²) in [5.41, 5.74) is 11.2. The Bertz CT molecular complexity index is 1400. The standard InChI is InChI=1S/C28H30N4O2/c1-5-26-31-27-17(2)12-18(3)29-28(27)32(26)15-20-6-10-24-22(13-20)8-9-23-14-21(16-34-19(4)33)7-11-25(23)30-24/h6-7,10-14,30H,5,8-9,15-16H2,1-4H3. The number of aryl methyl sites for hydroxylation is 5. The molecule has 2 aromatic heterocycles. The number of imidazole rings is 1. The van der Waals surface area contributed by atoms with Crippen molar-refractivity contribution in [2.45, 2.75) is 60.1 Å². The number of anilines is 2. The second-order valence-electron chi connectivity index (χ2n) is 9.11. The maximum absolute atomic E-state index is 11.2. The maximum atomic E-state index is 11.2. The average Bonchev–Trinajstić information content (AvgIpc) is 3.05. The first-order chi connectivity index (χ1) is 16.4. The Morgan fingerprint density at radius 1 is 1.00 bits per heavy atom. The highest BCUT2D eigenvalue weighted by Gasteiger charge is 2.17. The first-order valence-corrected chi connectivity index (χ1v) is 11.9. The molecule has 0 radical (unpaired) electrons. The molecule has 0 saturated carbocycles. The van der Waals surface area contributed by atoms with Crippen LogP contribution in [-0.4, -0.2) is 20.5 Å². The van der Waals surface area contributed by atoms with Crippen LogP contribution in [0, 0.1) is 13.8 Å². The van der Waals surface area contributed by atoms with Crippen molar-refractivity contribution in [2.75, 3.05) is 5.32 Å². The highest BCUT2D eigenvalue weighted by Crippen LogP contribution is 2.32. The summed E-state index contributed by atoms with van der Waals surface area (Å²) < 4.78 is 7.43. The smallest absolute Gasteiger partial charge is 0.302 e. The molecule has 0 spiro atoms. The lowest BCUT2D eigenvalue weighted by Crippen LogP contribution is -2.06. The third kappa shape index (κ3) is 4.28. The van der Waals surface area contributed by atoms with Gasteiger partial charge >= 0.3 is 5.97 Å². The van der Waals surface area contributed by atoms with Crippen molar-refractivity contribution in [3.63, 3.8) is 0 Å². The molecular weight excluding hydrogens is 424 g/mol. The van der Waals surface area contributed by atoms with Crippen LogP contribution in [0.3, 0.4) is 0 Å². The Hall–Kier alpha value is -3.67. The maximum Gasteiger partial charge on any atom is 0.302 e. The second kappa shape index (κ2) is 8.93. The summed E-state index contributed by atoms with van der Waals surface area (Å²) in [5.74, 6) is 0.808. The fraction of sp³-hybridized carbons (Fsp3) is 0.321. The molecule has 0 amide bonds. The van der Waals surface area contributed by atoms with E-state index in [4.69, 9.17) is 14.7 Å². The zero-order valence-electron chi connectivity index (χ0n) is 20.2. The number of ether oxygens (including phenoxy) is 1. The number of hydrogen-bond donors (Lipinski definition) is 1. The van der Waals surface area contributed by atoms with Crippen molar-refractivity contribution in [3.05, 3.63) is 81.8 Å². The summed E-state index contributed by atoms with van der Waals surface area (Å²) >= 11 is 0. The molecule has 1 aliphatic heterocycles. The van der Waals surface area contributed by atoms with E-state index in [2.05, 4.69) is 60.1 Å². The fourth-order valence-corrected chi connectivity index (χ4v) is 4.81. The Morgan fingerprint density at radius 3 is 2.35 bits per heavy atom. The summed E-state index contributed by atoms with van der Waals surface area (Å²) in [7, 11) is 0. The van der Waals surface area contributed by atoms with E-state index in [1.807, 2.05) is 13.0 Å². The molecule has 2 aromatic carbocycles. The molecule has 5 rings (SSSR count). The summed E-state index contributed by atoms with van der Waals surface area (Å²) in [4.78, 5) is 20.9. The van der Waals surface area contributed by atoms with E-state index in [0.717, 1.165) is 65.4 Å². The van der Waals surface area contributed by atoms with Gasteiger partial charge in [0.1, 0.15) is 17.9 Å². The van der Waals surface area contributed by atoms with Crippen molar-refractivity contribution in [1.29, 1.82) is 0 Å². The van der Waals surface area contributed by atoms with Gasteiger partial charge in [-0.25, -0.2) is 9.97 Å². The van der Waals surface area contributed by atoms with Crippen LogP contribution in [0.1, 0.15) is 53.2 Å². The molecular formula is C28H30N4O2. The van der Waals surface area contributed by atoms with Gasteiger partial charge in [0.15, 0.2) is 5.65 Å². The van der Waals surface area contributed by atoms with E-state index in [0.29, 0.717) is 6.61 Å². The van der Waals surface area contributed by atoms with Gasteiger partial charge < -0.3 is 14.6 Å². The van der Waals surface area contributed by atoms with Gasteiger partial charge in [0.2, 0.25) is 0 Å². The lowest BCUT2D eigenvalue weighted by atomic mass is 10.0. The molecule has 0 saturated heterocycles. The van der Waals surface area contributed by atoms with Crippen LogP contribution in [0.4, 0.5) is 11.4 Å². The van der Waals surface area contributed by atoms with Crippen LogP contribution >= 0.6 is 0 Å². The lowest BCUT2D eigenvalue weighted by Gasteiger charge is -2.13. The number of aromatic nitrogens is 3. The van der Waals surface area contributed by atoms with Crippen LogP contribution in [0.15, 0.2) is 42.5 Å². The van der Waals surface area contributed by atoms with Crippen molar-refractivity contribution in [2.24, 2.45) is 0 Å². The second-order valence-corrected chi connectivity index (χ2v) is 9.11. The zero-order chi connectivity index (χ0) is 23.8. The number of esters is 1. The number of pyridine rings is 1. The summed E-state index contributed by atoms with van der Waals surface area (Å²) in [5, 5.41) is 3.61.